The fourth-order valence-corrected chi connectivity index (χ4v) is 3.07. The van der Waals surface area contributed by atoms with E-state index in [0.29, 0.717) is 5.02 Å². The smallest absolute Gasteiger partial charge is 0.311 e. The summed E-state index contributed by atoms with van der Waals surface area (Å²) in [6.07, 6.45) is 0. The molecule has 0 aromatic heterocycles. The number of carbonyl (C=O) groups excluding carboxylic acids is 1. The Labute approximate surface area is 132 Å². The van der Waals surface area contributed by atoms with Crippen LogP contribution in [-0.2, 0) is 14.3 Å². The first kappa shape index (κ1) is 16.1. The minimum atomic E-state index is -0.928. The normalized spacial score (nSPS) is 21.2. The van der Waals surface area contributed by atoms with Crippen LogP contribution in [0.2, 0.25) is 5.02 Å². The van der Waals surface area contributed by atoms with Crippen LogP contribution >= 0.6 is 23.4 Å². The van der Waals surface area contributed by atoms with Gasteiger partial charge in [-0.3, -0.25) is 9.59 Å². The van der Waals surface area contributed by atoms with Crippen molar-refractivity contribution in [2.75, 3.05) is 26.0 Å². The second-order valence-electron chi connectivity index (χ2n) is 4.80. The molecule has 0 saturated carbocycles. The first-order chi connectivity index (χ1) is 9.99. The lowest BCUT2D eigenvalue weighted by atomic mass is 10.0. The molecular weight excluding hydrogens is 314 g/mol. The number of hydrogen-bond acceptors (Lipinski definition) is 4. The van der Waals surface area contributed by atoms with Crippen molar-refractivity contribution in [3.63, 3.8) is 0 Å². The van der Waals surface area contributed by atoms with Crippen molar-refractivity contribution in [1.29, 1.82) is 0 Å². The highest BCUT2D eigenvalue weighted by Gasteiger charge is 2.38. The Bertz CT molecular complexity index is 522. The minimum absolute atomic E-state index is 0.114. The lowest BCUT2D eigenvalue weighted by Gasteiger charge is -2.26. The summed E-state index contributed by atoms with van der Waals surface area (Å²) in [5.74, 6) is -1.44. The molecule has 1 aromatic carbocycles. The molecule has 1 heterocycles. The summed E-state index contributed by atoms with van der Waals surface area (Å²) in [6, 6.07) is 6.82. The summed E-state index contributed by atoms with van der Waals surface area (Å²) in [4.78, 5) is 25.7. The Hall–Kier alpha value is -1.24. The monoisotopic (exact) mass is 329 g/mol. The van der Waals surface area contributed by atoms with Gasteiger partial charge >= 0.3 is 5.97 Å². The van der Waals surface area contributed by atoms with Crippen molar-refractivity contribution < 1.29 is 19.4 Å². The molecule has 5 nitrogen and oxygen atoms in total. The highest BCUT2D eigenvalue weighted by Crippen LogP contribution is 2.23. The molecule has 0 aliphatic carbocycles. The van der Waals surface area contributed by atoms with E-state index in [9.17, 15) is 9.59 Å². The lowest BCUT2D eigenvalue weighted by molar-refractivity contribution is -0.144. The number of carbonyl (C=O) groups is 2. The zero-order valence-corrected chi connectivity index (χ0v) is 13.1. The predicted octanol–water partition coefficient (Wildman–Crippen LogP) is 1.99. The van der Waals surface area contributed by atoms with Gasteiger partial charge in [-0.15, -0.1) is 11.8 Å². The summed E-state index contributed by atoms with van der Waals surface area (Å²) >= 11 is 7.20. The molecule has 21 heavy (non-hydrogen) atoms. The molecule has 2 rings (SSSR count). The Morgan fingerprint density at radius 1 is 1.38 bits per heavy atom. The number of likely N-dealkylation sites (N-methyl/N-ethyl adjacent to an activating group) is 1. The van der Waals surface area contributed by atoms with Crippen molar-refractivity contribution in [3.8, 4) is 0 Å². The molecule has 1 N–H and O–H groups in total. The van der Waals surface area contributed by atoms with Gasteiger partial charge in [0, 0.05) is 17.0 Å². The summed E-state index contributed by atoms with van der Waals surface area (Å²) < 4.78 is 5.18. The molecule has 1 saturated heterocycles. The van der Waals surface area contributed by atoms with Crippen molar-refractivity contribution in [3.05, 3.63) is 29.3 Å². The average Bonchev–Trinajstić information content (AvgIpc) is 2.95. The van der Waals surface area contributed by atoms with Crippen LogP contribution in [0.4, 0.5) is 0 Å². The summed E-state index contributed by atoms with van der Waals surface area (Å²) in [5.41, 5.74) is 0. The summed E-state index contributed by atoms with van der Waals surface area (Å²) in [5, 5.41) is 9.76. The number of rotatable bonds is 5. The molecule has 0 spiro atoms. The molecule has 0 bridgehead atoms. The van der Waals surface area contributed by atoms with Gasteiger partial charge in [0.2, 0.25) is 5.91 Å². The molecule has 2 unspecified atom stereocenters. The number of carboxylic acids is 1. The SMILES string of the molecule is CN(C(=O)CSc1ccc(Cl)cc1)C1COCC1C(=O)O. The Morgan fingerprint density at radius 3 is 2.67 bits per heavy atom. The number of amides is 1. The van der Waals surface area contributed by atoms with Crippen LogP contribution < -0.4 is 0 Å². The Kier molecular flexibility index (Phi) is 5.50. The zero-order valence-electron chi connectivity index (χ0n) is 11.5. The first-order valence-corrected chi connectivity index (χ1v) is 7.80. The predicted molar refractivity (Wildman–Crippen MR) is 80.7 cm³/mol. The van der Waals surface area contributed by atoms with Crippen LogP contribution in [0.15, 0.2) is 29.2 Å². The van der Waals surface area contributed by atoms with Crippen LogP contribution in [0.3, 0.4) is 0 Å². The zero-order chi connectivity index (χ0) is 15.4. The van der Waals surface area contributed by atoms with Gasteiger partial charge in [0.05, 0.1) is 25.0 Å². The Balaban J connectivity index is 1.90. The third kappa shape index (κ3) is 4.12. The van der Waals surface area contributed by atoms with E-state index in [2.05, 4.69) is 0 Å². The second kappa shape index (κ2) is 7.15. The highest BCUT2D eigenvalue weighted by atomic mass is 35.5. The van der Waals surface area contributed by atoms with E-state index in [1.807, 2.05) is 12.1 Å². The fraction of sp³-hybridized carbons (Fsp3) is 0.429. The van der Waals surface area contributed by atoms with Crippen molar-refractivity contribution in [1.82, 2.24) is 4.90 Å². The largest absolute Gasteiger partial charge is 0.481 e. The molecular formula is C14H16ClNO4S. The van der Waals surface area contributed by atoms with Gasteiger partial charge in [-0.2, -0.15) is 0 Å². The van der Waals surface area contributed by atoms with Crippen LogP contribution in [0, 0.1) is 5.92 Å². The molecule has 1 aromatic rings. The molecule has 1 fully saturated rings. The summed E-state index contributed by atoms with van der Waals surface area (Å²) in [7, 11) is 1.63. The lowest BCUT2D eigenvalue weighted by Crippen LogP contribution is -2.44. The minimum Gasteiger partial charge on any atom is -0.481 e. The quantitative estimate of drug-likeness (QED) is 0.837. The number of benzene rings is 1. The van der Waals surface area contributed by atoms with Gasteiger partial charge in [-0.25, -0.2) is 0 Å². The van der Waals surface area contributed by atoms with E-state index < -0.39 is 17.9 Å². The molecule has 0 radical (unpaired) electrons. The van der Waals surface area contributed by atoms with Crippen LogP contribution in [0.25, 0.3) is 0 Å². The number of ether oxygens (including phenoxy) is 1. The highest BCUT2D eigenvalue weighted by molar-refractivity contribution is 8.00. The third-order valence-electron chi connectivity index (χ3n) is 3.43. The maximum absolute atomic E-state index is 12.2. The van der Waals surface area contributed by atoms with E-state index in [4.69, 9.17) is 21.4 Å². The molecule has 1 aliphatic heterocycles. The summed E-state index contributed by atoms with van der Waals surface area (Å²) in [6.45, 7) is 0.423. The average molecular weight is 330 g/mol. The maximum atomic E-state index is 12.2. The van der Waals surface area contributed by atoms with Crippen molar-refractivity contribution >= 4 is 35.2 Å². The molecule has 1 amide bonds. The van der Waals surface area contributed by atoms with Crippen molar-refractivity contribution in [2.45, 2.75) is 10.9 Å². The number of hydrogen-bond donors (Lipinski definition) is 1. The van der Waals surface area contributed by atoms with E-state index in [-0.39, 0.29) is 24.9 Å². The molecule has 114 valence electrons. The molecule has 1 aliphatic rings. The number of aliphatic carboxylic acids is 1. The van der Waals surface area contributed by atoms with Crippen LogP contribution in [0.5, 0.6) is 0 Å². The molecule has 2 atom stereocenters. The standard InChI is InChI=1S/C14H16ClNO4S/c1-16(12-7-20-6-11(12)14(18)19)13(17)8-21-10-4-2-9(15)3-5-10/h2-5,11-12H,6-8H2,1H3,(H,18,19). The van der Waals surface area contributed by atoms with E-state index in [0.717, 1.165) is 4.90 Å². The van der Waals surface area contributed by atoms with Gasteiger partial charge in [-0.05, 0) is 24.3 Å². The van der Waals surface area contributed by atoms with Gasteiger partial charge in [0.15, 0.2) is 0 Å². The fourth-order valence-electron chi connectivity index (χ4n) is 2.12. The van der Waals surface area contributed by atoms with E-state index in [1.165, 1.54) is 16.7 Å². The molecule has 7 heteroatoms. The van der Waals surface area contributed by atoms with Crippen LogP contribution in [-0.4, -0.2) is 53.9 Å². The van der Waals surface area contributed by atoms with Crippen molar-refractivity contribution in [2.24, 2.45) is 5.92 Å². The number of thioether (sulfide) groups is 1. The van der Waals surface area contributed by atoms with Crippen LogP contribution in [0.1, 0.15) is 0 Å². The topological polar surface area (TPSA) is 66.8 Å². The van der Waals surface area contributed by atoms with Gasteiger partial charge in [-0.1, -0.05) is 11.6 Å². The second-order valence-corrected chi connectivity index (χ2v) is 6.28. The number of nitrogens with zero attached hydrogens (tertiary/aromatic N) is 1. The maximum Gasteiger partial charge on any atom is 0.311 e. The number of carboxylic acid groups (broad SMARTS) is 1. The number of halogens is 1. The van der Waals surface area contributed by atoms with Gasteiger partial charge < -0.3 is 14.7 Å². The first-order valence-electron chi connectivity index (χ1n) is 6.43. The van der Waals surface area contributed by atoms with Gasteiger partial charge in [0.1, 0.15) is 5.92 Å². The van der Waals surface area contributed by atoms with Gasteiger partial charge in [0.25, 0.3) is 0 Å². The third-order valence-corrected chi connectivity index (χ3v) is 4.68. The van der Waals surface area contributed by atoms with E-state index in [1.54, 1.807) is 19.2 Å². The Morgan fingerprint density at radius 2 is 2.05 bits per heavy atom. The van der Waals surface area contributed by atoms with E-state index >= 15 is 0 Å².